The van der Waals surface area contributed by atoms with Crippen LogP contribution in [0.1, 0.15) is 0 Å². The van der Waals surface area contributed by atoms with E-state index in [4.69, 9.17) is 0 Å². The predicted molar refractivity (Wildman–Crippen MR) is 57.0 cm³/mol. The predicted octanol–water partition coefficient (Wildman–Crippen LogP) is 6.80. The van der Waals surface area contributed by atoms with Crippen LogP contribution in [0, 0.1) is 9.85 Å². The fraction of sp³-hybridized carbons (Fsp3) is 0.750. The van der Waals surface area contributed by atoms with Gasteiger partial charge in [-0.25, -0.2) is 0 Å². The van der Waals surface area contributed by atoms with E-state index in [1.165, 1.54) is 0 Å². The standard InChI is InChI=1S/C8F17I/c9-3(10,1-2-26(22,23,24)25)4(11,12)5(13,14)6(15,16)7(17,18)8(19,20)21. The average molecular weight is 546 g/mol. The van der Waals surface area contributed by atoms with Gasteiger partial charge >= 0.3 is 133 Å². The van der Waals surface area contributed by atoms with E-state index in [0.717, 1.165) is 0 Å². The van der Waals surface area contributed by atoms with E-state index < -0.39 is 65.0 Å². The summed E-state index contributed by atoms with van der Waals surface area (Å²) in [7, 11) is 0. The van der Waals surface area contributed by atoms with Crippen LogP contribution in [0.3, 0.4) is 0 Å². The summed E-state index contributed by atoms with van der Waals surface area (Å²) in [5.41, 5.74) is 0. The molecule has 0 rings (SSSR count). The Morgan fingerprint density at radius 2 is 0.769 bits per heavy atom. The number of halogens is 18. The first kappa shape index (κ1) is 25.1. The van der Waals surface area contributed by atoms with E-state index >= 15 is 0 Å². The van der Waals surface area contributed by atoms with Gasteiger partial charge in [-0.15, -0.1) is 0 Å². The molecule has 26 heavy (non-hydrogen) atoms. The molecule has 158 valence electrons. The van der Waals surface area contributed by atoms with E-state index in [1.54, 1.807) is 0 Å². The molecule has 0 spiro atoms. The Hall–Kier alpha value is -0.900. The molecule has 0 fully saturated rings. The molecule has 0 heterocycles. The third-order valence-electron chi connectivity index (χ3n) is 2.28. The third-order valence-corrected chi connectivity index (χ3v) is 3.37. The van der Waals surface area contributed by atoms with Crippen LogP contribution >= 0.6 is 19.3 Å². The van der Waals surface area contributed by atoms with E-state index in [1.807, 2.05) is 0 Å². The van der Waals surface area contributed by atoms with Crippen LogP contribution in [-0.2, 0) is 0 Å². The maximum absolute atomic E-state index is 12.8. The molecule has 0 aromatic carbocycles. The fourth-order valence-electron chi connectivity index (χ4n) is 0.979. The zero-order valence-electron chi connectivity index (χ0n) is 10.8. The molecule has 0 radical (unpaired) electrons. The molecule has 0 amide bonds. The van der Waals surface area contributed by atoms with Gasteiger partial charge in [0.2, 0.25) is 0 Å². The van der Waals surface area contributed by atoms with Crippen LogP contribution < -0.4 is 0 Å². The van der Waals surface area contributed by atoms with E-state index in [9.17, 15) is 68.5 Å². The van der Waals surface area contributed by atoms with Gasteiger partial charge in [0.05, 0.1) is 0 Å². The molecule has 0 aliphatic rings. The Bertz CT molecular complexity index is 597. The SMILES string of the molecule is FC(F)(F)C(F)(F)C(F)(F)C(F)(F)C(F)(F)C(F)(F)C#CI(F)(F)(F)F. The summed E-state index contributed by atoms with van der Waals surface area (Å²) >= 11 is -10.0. The summed E-state index contributed by atoms with van der Waals surface area (Å²) in [6, 6.07) is 0. The molecule has 0 aromatic rings. The molecule has 0 nitrogen and oxygen atoms in total. The topological polar surface area (TPSA) is 0 Å². The molecule has 0 atom stereocenters. The van der Waals surface area contributed by atoms with Gasteiger partial charge < -0.3 is 0 Å². The van der Waals surface area contributed by atoms with Crippen molar-refractivity contribution in [3.05, 3.63) is 0 Å². The number of hydrogen-bond donors (Lipinski definition) is 0. The van der Waals surface area contributed by atoms with Crippen molar-refractivity contribution < 1.29 is 68.5 Å². The molecule has 0 bridgehead atoms. The van der Waals surface area contributed by atoms with Crippen LogP contribution in [-0.4, -0.2) is 35.8 Å². The fourth-order valence-corrected chi connectivity index (χ4v) is 1.73. The second kappa shape index (κ2) is 5.80. The number of rotatable bonds is 4. The van der Waals surface area contributed by atoms with Crippen molar-refractivity contribution in [2.24, 2.45) is 0 Å². The molecule has 0 aromatic heterocycles. The Labute approximate surface area is 134 Å². The summed E-state index contributed by atoms with van der Waals surface area (Å²) in [5.74, 6) is -41.0. The molecule has 0 saturated heterocycles. The maximum atomic E-state index is 12.8. The molecule has 0 unspecified atom stereocenters. The van der Waals surface area contributed by atoms with Gasteiger partial charge in [-0.05, 0) is 0 Å². The van der Waals surface area contributed by atoms with Crippen molar-refractivity contribution >= 4 is 19.3 Å². The Kier molecular flexibility index (Phi) is 5.60. The van der Waals surface area contributed by atoms with Crippen molar-refractivity contribution in [2.45, 2.75) is 35.8 Å². The van der Waals surface area contributed by atoms with Gasteiger partial charge in [0.15, 0.2) is 0 Å². The monoisotopic (exact) mass is 546 g/mol. The molecule has 0 N–H and O–H groups in total. The van der Waals surface area contributed by atoms with Crippen LogP contribution in [0.2, 0.25) is 0 Å². The summed E-state index contributed by atoms with van der Waals surface area (Å²) in [6.07, 6.45) is -7.65. The normalized spacial score (nSPS) is 17.2. The Morgan fingerprint density at radius 3 is 1.04 bits per heavy atom. The van der Waals surface area contributed by atoms with Gasteiger partial charge in [-0.2, -0.15) is 0 Å². The van der Waals surface area contributed by atoms with Crippen molar-refractivity contribution in [3.8, 4) is 9.85 Å². The van der Waals surface area contributed by atoms with Crippen LogP contribution in [0.4, 0.5) is 68.5 Å². The number of alkyl halides is 13. The molecular formula is C8F17I. The third kappa shape index (κ3) is 4.16. The average Bonchev–Trinajstić information content (AvgIpc) is 2.32. The van der Waals surface area contributed by atoms with Gasteiger partial charge in [0, 0.05) is 0 Å². The summed E-state index contributed by atoms with van der Waals surface area (Å²) in [6.45, 7) is 0. The summed E-state index contributed by atoms with van der Waals surface area (Å²) in [5, 5.41) is 0. The van der Waals surface area contributed by atoms with Crippen molar-refractivity contribution in [2.75, 3.05) is 0 Å². The zero-order valence-corrected chi connectivity index (χ0v) is 13.0. The molecular weight excluding hydrogens is 546 g/mol. The first-order valence-electron chi connectivity index (χ1n) is 4.97. The second-order valence-corrected chi connectivity index (χ2v) is 8.22. The molecule has 0 saturated carbocycles. The first-order chi connectivity index (χ1) is 10.7. The van der Waals surface area contributed by atoms with Gasteiger partial charge in [-0.1, -0.05) is 0 Å². The second-order valence-electron chi connectivity index (χ2n) is 4.20. The Balaban J connectivity index is 6.43. The van der Waals surface area contributed by atoms with Gasteiger partial charge in [0.25, 0.3) is 0 Å². The molecule has 0 aliphatic heterocycles. The van der Waals surface area contributed by atoms with Crippen LogP contribution in [0.25, 0.3) is 0 Å². The Morgan fingerprint density at radius 1 is 0.462 bits per heavy atom. The molecule has 0 aliphatic carbocycles. The van der Waals surface area contributed by atoms with Crippen molar-refractivity contribution in [1.82, 2.24) is 0 Å². The zero-order chi connectivity index (χ0) is 21.9. The van der Waals surface area contributed by atoms with Crippen molar-refractivity contribution in [1.29, 1.82) is 0 Å². The van der Waals surface area contributed by atoms with Gasteiger partial charge in [0.1, 0.15) is 0 Å². The van der Waals surface area contributed by atoms with E-state index in [-0.39, 0.29) is 0 Å². The first-order valence-corrected chi connectivity index (χ1v) is 9.31. The van der Waals surface area contributed by atoms with Crippen molar-refractivity contribution in [3.63, 3.8) is 0 Å². The van der Waals surface area contributed by atoms with E-state index in [2.05, 4.69) is 0 Å². The quantitative estimate of drug-likeness (QED) is 0.207. The summed E-state index contributed by atoms with van der Waals surface area (Å²) < 4.78 is 208. The number of hydrogen-bond acceptors (Lipinski definition) is 0. The van der Waals surface area contributed by atoms with Crippen LogP contribution in [0.15, 0.2) is 0 Å². The minimum absolute atomic E-state index is 1.11. The minimum atomic E-state index is -10.0. The van der Waals surface area contributed by atoms with E-state index in [0.29, 0.717) is 0 Å². The van der Waals surface area contributed by atoms with Crippen LogP contribution in [0.5, 0.6) is 0 Å². The summed E-state index contributed by atoms with van der Waals surface area (Å²) in [4.78, 5) is 0. The molecule has 18 heteroatoms. The van der Waals surface area contributed by atoms with Gasteiger partial charge in [-0.3, -0.25) is 0 Å².